The van der Waals surface area contributed by atoms with Crippen molar-refractivity contribution in [2.75, 3.05) is 30.4 Å². The van der Waals surface area contributed by atoms with Crippen LogP contribution >= 0.6 is 0 Å². The molecule has 33 heavy (non-hydrogen) atoms. The molecule has 2 bridgehead atoms. The molecule has 0 aromatic heterocycles. The zero-order valence-corrected chi connectivity index (χ0v) is 18.6. The maximum Gasteiger partial charge on any atom is 0.321 e. The maximum absolute atomic E-state index is 13.5. The van der Waals surface area contributed by atoms with Crippen LogP contribution in [0.4, 0.5) is 20.6 Å². The number of amides is 3. The van der Waals surface area contributed by atoms with Crippen molar-refractivity contribution >= 4 is 29.1 Å². The number of hydrogen-bond acceptors (Lipinski definition) is 4. The molecule has 0 spiro atoms. The Bertz CT molecular complexity index is 1080. The van der Waals surface area contributed by atoms with E-state index in [9.17, 15) is 14.0 Å². The van der Waals surface area contributed by atoms with Crippen LogP contribution in [0, 0.1) is 17.7 Å². The highest BCUT2D eigenvalue weighted by molar-refractivity contribution is 6.12. The van der Waals surface area contributed by atoms with Gasteiger partial charge in [-0.2, -0.15) is 0 Å². The predicted octanol–water partition coefficient (Wildman–Crippen LogP) is 3.82. The number of carbonyl (C=O) groups is 2. The Hall–Kier alpha value is -3.42. The lowest BCUT2D eigenvalue weighted by Crippen LogP contribution is -2.47. The molecule has 7 nitrogen and oxygen atoms in total. The van der Waals surface area contributed by atoms with Gasteiger partial charge in [-0.25, -0.2) is 14.2 Å². The topological polar surface area (TPSA) is 77.0 Å². The van der Waals surface area contributed by atoms with Gasteiger partial charge in [-0.15, -0.1) is 0 Å². The lowest BCUT2D eigenvalue weighted by Gasteiger charge is -2.27. The van der Waals surface area contributed by atoms with Gasteiger partial charge in [-0.3, -0.25) is 4.79 Å². The van der Waals surface area contributed by atoms with Crippen molar-refractivity contribution in [2.45, 2.75) is 31.8 Å². The summed E-state index contributed by atoms with van der Waals surface area (Å²) in [6, 6.07) is 12.7. The van der Waals surface area contributed by atoms with E-state index in [2.05, 4.69) is 15.5 Å². The summed E-state index contributed by atoms with van der Waals surface area (Å²) in [5.41, 5.74) is 1.97. The number of aliphatic imine (C=N–C) groups is 1. The van der Waals surface area contributed by atoms with Crippen LogP contribution in [0.15, 0.2) is 53.5 Å². The first-order valence-electron chi connectivity index (χ1n) is 11.5. The normalized spacial score (nSPS) is 24.5. The van der Waals surface area contributed by atoms with Crippen molar-refractivity contribution in [3.63, 3.8) is 0 Å². The molecule has 3 fully saturated rings. The zero-order valence-electron chi connectivity index (χ0n) is 18.6. The van der Waals surface area contributed by atoms with Crippen molar-refractivity contribution in [1.82, 2.24) is 10.2 Å². The van der Waals surface area contributed by atoms with Crippen LogP contribution in [0.1, 0.15) is 31.2 Å². The van der Waals surface area contributed by atoms with E-state index in [1.807, 2.05) is 24.3 Å². The molecule has 172 valence electrons. The number of fused-ring (bicyclic) bond motifs is 5. The van der Waals surface area contributed by atoms with Gasteiger partial charge >= 0.3 is 6.03 Å². The van der Waals surface area contributed by atoms with E-state index in [0.717, 1.165) is 30.2 Å². The fourth-order valence-corrected chi connectivity index (χ4v) is 5.18. The van der Waals surface area contributed by atoms with Crippen LogP contribution in [-0.4, -0.2) is 49.0 Å². The third-order valence-corrected chi connectivity index (χ3v) is 6.90. The van der Waals surface area contributed by atoms with E-state index in [4.69, 9.17) is 4.99 Å². The number of halogens is 1. The molecular weight excluding hydrogens is 421 g/mol. The number of para-hydroxylation sites is 1. The van der Waals surface area contributed by atoms with Crippen molar-refractivity contribution < 1.29 is 14.0 Å². The van der Waals surface area contributed by atoms with Gasteiger partial charge < -0.3 is 20.4 Å². The first-order valence-corrected chi connectivity index (χ1v) is 11.5. The Labute approximate surface area is 192 Å². The van der Waals surface area contributed by atoms with Crippen LogP contribution < -0.4 is 15.5 Å². The van der Waals surface area contributed by atoms with E-state index in [-0.39, 0.29) is 5.91 Å². The molecule has 2 aromatic rings. The third-order valence-electron chi connectivity index (χ3n) is 6.90. The fraction of sp³-hybridized carbons (Fsp3) is 0.400. The molecule has 1 saturated carbocycles. The number of benzene rings is 2. The molecule has 6 rings (SSSR count). The number of urea groups is 1. The monoisotopic (exact) mass is 449 g/mol. The lowest BCUT2D eigenvalue weighted by molar-refractivity contribution is -0.119. The molecule has 0 radical (unpaired) electrons. The van der Waals surface area contributed by atoms with Crippen LogP contribution in [0.3, 0.4) is 0 Å². The van der Waals surface area contributed by atoms with Gasteiger partial charge in [0, 0.05) is 31.4 Å². The summed E-state index contributed by atoms with van der Waals surface area (Å²) >= 11 is 0. The Kier molecular flexibility index (Phi) is 5.74. The number of benzodiazepines with no additional fused rings is 1. The highest BCUT2D eigenvalue weighted by Gasteiger charge is 2.36. The second kappa shape index (κ2) is 8.84. The minimum absolute atomic E-state index is 0.304. The van der Waals surface area contributed by atoms with Gasteiger partial charge in [-0.05, 0) is 67.9 Å². The molecule has 8 heteroatoms. The zero-order chi connectivity index (χ0) is 22.9. The van der Waals surface area contributed by atoms with Gasteiger partial charge in [-0.1, -0.05) is 18.2 Å². The van der Waals surface area contributed by atoms with Gasteiger partial charge in [0.2, 0.25) is 6.17 Å². The number of amidine groups is 1. The van der Waals surface area contributed by atoms with Crippen LogP contribution in [-0.2, 0) is 4.79 Å². The number of carbonyl (C=O) groups excluding carboxylic acids is 2. The molecule has 3 aliphatic heterocycles. The van der Waals surface area contributed by atoms with Crippen LogP contribution in [0.5, 0.6) is 0 Å². The molecule has 1 atom stereocenters. The van der Waals surface area contributed by atoms with E-state index < -0.39 is 18.0 Å². The molecular formula is C25H28FN5O2. The summed E-state index contributed by atoms with van der Waals surface area (Å²) in [7, 11) is 1.70. The number of anilines is 2. The van der Waals surface area contributed by atoms with Crippen LogP contribution in [0.25, 0.3) is 0 Å². The maximum atomic E-state index is 13.5. The Morgan fingerprint density at radius 1 is 1.03 bits per heavy atom. The van der Waals surface area contributed by atoms with E-state index in [1.54, 1.807) is 18.0 Å². The SMILES string of the molecule is CN1C(=O)[C@H](NC(=O)Nc2cccc(F)c2)N=C(N2CC3CCC(CC3)C2)c2ccccc21. The van der Waals surface area contributed by atoms with Gasteiger partial charge in [0.15, 0.2) is 0 Å². The average molecular weight is 450 g/mol. The average Bonchev–Trinajstić information content (AvgIpc) is 3.18. The second-order valence-corrected chi connectivity index (χ2v) is 9.17. The number of likely N-dealkylation sites (N-methyl/N-ethyl adjacent to an activating group) is 1. The molecule has 2 aromatic carbocycles. The molecule has 3 amide bonds. The first-order chi connectivity index (χ1) is 16.0. The van der Waals surface area contributed by atoms with Gasteiger partial charge in [0.1, 0.15) is 11.7 Å². The van der Waals surface area contributed by atoms with Crippen molar-refractivity contribution in [1.29, 1.82) is 0 Å². The molecule has 0 unspecified atom stereocenters. The van der Waals surface area contributed by atoms with Gasteiger partial charge in [0.25, 0.3) is 5.91 Å². The predicted molar refractivity (Wildman–Crippen MR) is 126 cm³/mol. The second-order valence-electron chi connectivity index (χ2n) is 9.17. The fourth-order valence-electron chi connectivity index (χ4n) is 5.18. The summed E-state index contributed by atoms with van der Waals surface area (Å²) in [4.78, 5) is 34.6. The highest BCUT2D eigenvalue weighted by Crippen LogP contribution is 2.36. The minimum atomic E-state index is -1.09. The summed E-state index contributed by atoms with van der Waals surface area (Å²) in [5, 5.41) is 5.28. The molecule has 4 aliphatic rings. The van der Waals surface area contributed by atoms with Crippen molar-refractivity contribution in [3.05, 3.63) is 59.9 Å². The third kappa shape index (κ3) is 4.42. The molecule has 3 heterocycles. The first kappa shape index (κ1) is 21.4. The Morgan fingerprint density at radius 2 is 1.73 bits per heavy atom. The number of hydrogen-bond donors (Lipinski definition) is 2. The van der Waals surface area contributed by atoms with Crippen molar-refractivity contribution in [3.8, 4) is 0 Å². The number of nitrogens with zero attached hydrogens (tertiary/aromatic N) is 3. The van der Waals surface area contributed by atoms with Crippen LogP contribution in [0.2, 0.25) is 0 Å². The summed E-state index contributed by atoms with van der Waals surface area (Å²) in [6.07, 6.45) is 3.82. The smallest absolute Gasteiger partial charge is 0.321 e. The number of rotatable bonds is 2. The summed E-state index contributed by atoms with van der Waals surface area (Å²) in [5.74, 6) is 1.21. The Morgan fingerprint density at radius 3 is 2.42 bits per heavy atom. The highest BCUT2D eigenvalue weighted by atomic mass is 19.1. The summed E-state index contributed by atoms with van der Waals surface area (Å²) < 4.78 is 13.5. The lowest BCUT2D eigenvalue weighted by atomic mass is 9.84. The molecule has 2 N–H and O–H groups in total. The standard InChI is InChI=1S/C25H28FN5O2/c1-30-21-8-3-2-7-20(21)23(31-14-16-9-10-17(15-31)12-11-16)28-22(24(30)32)29-25(33)27-19-6-4-5-18(26)13-19/h2-8,13,16-17,22H,9-12,14-15H2,1H3,(H2,27,29,33)/t16?,17?,22-/m0/s1. The van der Waals surface area contributed by atoms with E-state index >= 15 is 0 Å². The van der Waals surface area contributed by atoms with Crippen molar-refractivity contribution in [2.24, 2.45) is 16.8 Å². The number of nitrogens with one attached hydrogen (secondary N) is 2. The largest absolute Gasteiger partial charge is 0.356 e. The van der Waals surface area contributed by atoms with E-state index in [0.29, 0.717) is 17.5 Å². The Balaban J connectivity index is 1.46. The van der Waals surface area contributed by atoms with Gasteiger partial charge in [0.05, 0.1) is 5.69 Å². The minimum Gasteiger partial charge on any atom is -0.356 e. The molecule has 1 aliphatic carbocycles. The molecule has 2 saturated heterocycles. The summed E-state index contributed by atoms with van der Waals surface area (Å²) in [6.45, 7) is 1.81. The quantitative estimate of drug-likeness (QED) is 0.732. The van der Waals surface area contributed by atoms with E-state index in [1.165, 1.54) is 43.9 Å².